The maximum atomic E-state index is 12.8. The summed E-state index contributed by atoms with van der Waals surface area (Å²) in [4.78, 5) is 11.9. The standard InChI is InChI=1S/C17H23FO2/c1-12-3-8-16(11-13(12)2)20-10-9-17(19)14-4-6-15(18)7-5-14/h4-7,12-13,16H,3,8-11H2,1-2H3. The molecule has 0 N–H and O–H groups in total. The average Bonchev–Trinajstić information content (AvgIpc) is 2.43. The number of hydrogen-bond donors (Lipinski definition) is 0. The maximum Gasteiger partial charge on any atom is 0.165 e. The molecule has 0 radical (unpaired) electrons. The van der Waals surface area contributed by atoms with Crippen molar-refractivity contribution in [1.29, 1.82) is 0 Å². The van der Waals surface area contributed by atoms with Gasteiger partial charge in [-0.2, -0.15) is 0 Å². The molecular weight excluding hydrogens is 255 g/mol. The van der Waals surface area contributed by atoms with Crippen LogP contribution in [0.3, 0.4) is 0 Å². The number of carbonyl (C=O) groups excluding carboxylic acids is 1. The Hall–Kier alpha value is -1.22. The van der Waals surface area contributed by atoms with Gasteiger partial charge in [-0.15, -0.1) is 0 Å². The van der Waals surface area contributed by atoms with Crippen molar-refractivity contribution in [3.63, 3.8) is 0 Å². The molecule has 20 heavy (non-hydrogen) atoms. The van der Waals surface area contributed by atoms with Gasteiger partial charge in [-0.05, 0) is 55.4 Å². The topological polar surface area (TPSA) is 26.3 Å². The Kier molecular flexibility index (Phi) is 5.30. The Morgan fingerprint density at radius 2 is 1.90 bits per heavy atom. The quantitative estimate of drug-likeness (QED) is 0.753. The minimum Gasteiger partial charge on any atom is -0.378 e. The normalized spacial score (nSPS) is 26.4. The molecule has 1 aromatic carbocycles. The van der Waals surface area contributed by atoms with E-state index < -0.39 is 0 Å². The maximum absolute atomic E-state index is 12.8. The van der Waals surface area contributed by atoms with Crippen LogP contribution in [-0.4, -0.2) is 18.5 Å². The Labute approximate surface area is 120 Å². The minimum absolute atomic E-state index is 0.0159. The van der Waals surface area contributed by atoms with Gasteiger partial charge in [0.05, 0.1) is 12.7 Å². The molecule has 1 saturated carbocycles. The Bertz CT molecular complexity index is 441. The predicted octanol–water partition coefficient (Wildman–Crippen LogP) is 4.24. The van der Waals surface area contributed by atoms with Gasteiger partial charge in [0.1, 0.15) is 5.82 Å². The Morgan fingerprint density at radius 1 is 1.20 bits per heavy atom. The van der Waals surface area contributed by atoms with Crippen molar-refractivity contribution in [2.75, 3.05) is 6.61 Å². The second-order valence-corrected chi connectivity index (χ2v) is 5.94. The molecule has 3 unspecified atom stereocenters. The van der Waals surface area contributed by atoms with Gasteiger partial charge in [-0.1, -0.05) is 13.8 Å². The highest BCUT2D eigenvalue weighted by atomic mass is 19.1. The lowest BCUT2D eigenvalue weighted by Crippen LogP contribution is -2.27. The number of rotatable bonds is 5. The molecular formula is C17H23FO2. The van der Waals surface area contributed by atoms with E-state index in [0.717, 1.165) is 18.8 Å². The second kappa shape index (κ2) is 6.98. The number of ketones is 1. The van der Waals surface area contributed by atoms with E-state index in [4.69, 9.17) is 4.74 Å². The van der Waals surface area contributed by atoms with Crippen molar-refractivity contribution < 1.29 is 13.9 Å². The van der Waals surface area contributed by atoms with Crippen molar-refractivity contribution in [2.24, 2.45) is 11.8 Å². The third-order valence-corrected chi connectivity index (χ3v) is 4.40. The van der Waals surface area contributed by atoms with Gasteiger partial charge >= 0.3 is 0 Å². The highest BCUT2D eigenvalue weighted by Crippen LogP contribution is 2.30. The highest BCUT2D eigenvalue weighted by Gasteiger charge is 2.24. The number of halogens is 1. The first kappa shape index (κ1) is 15.2. The summed E-state index contributed by atoms with van der Waals surface area (Å²) in [6.45, 7) is 5.02. The summed E-state index contributed by atoms with van der Waals surface area (Å²) >= 11 is 0. The van der Waals surface area contributed by atoms with Crippen molar-refractivity contribution in [3.8, 4) is 0 Å². The van der Waals surface area contributed by atoms with E-state index in [0.29, 0.717) is 30.6 Å². The fourth-order valence-electron chi connectivity index (χ4n) is 2.75. The molecule has 3 atom stereocenters. The van der Waals surface area contributed by atoms with Gasteiger partial charge in [-0.3, -0.25) is 4.79 Å². The monoisotopic (exact) mass is 278 g/mol. The summed E-state index contributed by atoms with van der Waals surface area (Å²) in [6.07, 6.45) is 4.05. The van der Waals surface area contributed by atoms with Crippen LogP contribution in [0.1, 0.15) is 49.9 Å². The molecule has 0 amide bonds. The SMILES string of the molecule is CC1CCC(OCCC(=O)c2ccc(F)cc2)CC1C. The summed E-state index contributed by atoms with van der Waals surface area (Å²) in [5.41, 5.74) is 0.556. The molecule has 1 aromatic rings. The van der Waals surface area contributed by atoms with Crippen molar-refractivity contribution >= 4 is 5.78 Å². The fraction of sp³-hybridized carbons (Fsp3) is 0.588. The Balaban J connectivity index is 1.73. The van der Waals surface area contributed by atoms with E-state index in [-0.39, 0.29) is 11.6 Å². The number of carbonyl (C=O) groups is 1. The molecule has 3 heteroatoms. The fourth-order valence-corrected chi connectivity index (χ4v) is 2.75. The van der Waals surface area contributed by atoms with Crippen LogP contribution >= 0.6 is 0 Å². The van der Waals surface area contributed by atoms with E-state index in [9.17, 15) is 9.18 Å². The number of benzene rings is 1. The third kappa shape index (κ3) is 4.14. The van der Waals surface area contributed by atoms with Crippen LogP contribution in [0.15, 0.2) is 24.3 Å². The van der Waals surface area contributed by atoms with E-state index in [2.05, 4.69) is 13.8 Å². The van der Waals surface area contributed by atoms with Crippen LogP contribution in [0.4, 0.5) is 4.39 Å². The first-order valence-corrected chi connectivity index (χ1v) is 7.46. The van der Waals surface area contributed by atoms with Crippen molar-refractivity contribution in [3.05, 3.63) is 35.6 Å². The van der Waals surface area contributed by atoms with Gasteiger partial charge < -0.3 is 4.74 Å². The number of ether oxygens (including phenoxy) is 1. The van der Waals surface area contributed by atoms with Crippen LogP contribution in [0.25, 0.3) is 0 Å². The predicted molar refractivity (Wildman–Crippen MR) is 77.3 cm³/mol. The van der Waals surface area contributed by atoms with Crippen molar-refractivity contribution in [1.82, 2.24) is 0 Å². The lowest BCUT2D eigenvalue weighted by Gasteiger charge is -2.31. The first-order valence-electron chi connectivity index (χ1n) is 7.46. The van der Waals surface area contributed by atoms with Gasteiger partial charge in [0.25, 0.3) is 0 Å². The lowest BCUT2D eigenvalue weighted by atomic mass is 9.80. The van der Waals surface area contributed by atoms with E-state index in [1.807, 2.05) is 0 Å². The van der Waals surface area contributed by atoms with Crippen LogP contribution in [-0.2, 0) is 4.74 Å². The summed E-state index contributed by atoms with van der Waals surface area (Å²) < 4.78 is 18.6. The zero-order valence-corrected chi connectivity index (χ0v) is 12.3. The van der Waals surface area contributed by atoms with Crippen LogP contribution in [0.2, 0.25) is 0 Å². The Morgan fingerprint density at radius 3 is 2.55 bits per heavy atom. The molecule has 0 bridgehead atoms. The summed E-state index contributed by atoms with van der Waals surface area (Å²) in [7, 11) is 0. The first-order chi connectivity index (χ1) is 9.56. The van der Waals surface area contributed by atoms with Crippen molar-refractivity contribution in [2.45, 2.75) is 45.6 Å². The van der Waals surface area contributed by atoms with Gasteiger partial charge in [0.2, 0.25) is 0 Å². The second-order valence-electron chi connectivity index (χ2n) is 5.94. The van der Waals surface area contributed by atoms with Gasteiger partial charge in [0.15, 0.2) is 5.78 Å². The average molecular weight is 278 g/mol. The zero-order valence-electron chi connectivity index (χ0n) is 12.3. The number of Topliss-reactive ketones (excluding diaryl/α,β-unsaturated/α-hetero) is 1. The number of hydrogen-bond acceptors (Lipinski definition) is 2. The molecule has 1 aliphatic rings. The van der Waals surface area contributed by atoms with Crippen LogP contribution in [0.5, 0.6) is 0 Å². The molecule has 0 aromatic heterocycles. The molecule has 1 aliphatic carbocycles. The highest BCUT2D eigenvalue weighted by molar-refractivity contribution is 5.96. The van der Waals surface area contributed by atoms with Crippen LogP contribution < -0.4 is 0 Å². The molecule has 0 spiro atoms. The molecule has 2 rings (SSSR count). The lowest BCUT2D eigenvalue weighted by molar-refractivity contribution is 0.00284. The molecule has 2 nitrogen and oxygen atoms in total. The van der Waals surface area contributed by atoms with E-state index in [1.165, 1.54) is 30.7 Å². The summed E-state index contributed by atoms with van der Waals surface area (Å²) in [5.74, 6) is 1.17. The summed E-state index contributed by atoms with van der Waals surface area (Å²) in [6, 6.07) is 5.70. The molecule has 0 heterocycles. The minimum atomic E-state index is -0.317. The zero-order chi connectivity index (χ0) is 14.5. The molecule has 1 fully saturated rings. The van der Waals surface area contributed by atoms with E-state index in [1.54, 1.807) is 0 Å². The molecule has 110 valence electrons. The molecule has 0 saturated heterocycles. The van der Waals surface area contributed by atoms with Gasteiger partial charge in [-0.25, -0.2) is 4.39 Å². The smallest absolute Gasteiger partial charge is 0.165 e. The third-order valence-electron chi connectivity index (χ3n) is 4.40. The van der Waals surface area contributed by atoms with Gasteiger partial charge in [0, 0.05) is 12.0 Å². The largest absolute Gasteiger partial charge is 0.378 e. The van der Waals surface area contributed by atoms with Crippen LogP contribution in [0, 0.1) is 17.7 Å². The summed E-state index contributed by atoms with van der Waals surface area (Å²) in [5, 5.41) is 0. The van der Waals surface area contributed by atoms with E-state index >= 15 is 0 Å². The molecule has 0 aliphatic heterocycles.